The monoisotopic (exact) mass is 1270 g/mol. The Bertz CT molecular complexity index is 3940. The van der Waals surface area contributed by atoms with Gasteiger partial charge in [0.05, 0.1) is 47.6 Å². The molecule has 6 aromatic rings. The van der Waals surface area contributed by atoms with E-state index in [1.54, 1.807) is 0 Å². The van der Waals surface area contributed by atoms with Crippen molar-refractivity contribution in [3.8, 4) is 131 Å². The van der Waals surface area contributed by atoms with Crippen molar-refractivity contribution < 1.29 is 179 Å². The number of phenols is 17. The summed E-state index contributed by atoms with van der Waals surface area (Å²) in [5.41, 5.74) is -12.0. The molecule has 23 N–H and O–H groups in total. The topological polar surface area (TPSA) is 632 Å². The van der Waals surface area contributed by atoms with E-state index in [1.807, 2.05) is 0 Å². The lowest BCUT2D eigenvalue weighted by molar-refractivity contribution is -0.135. The minimum Gasteiger partial charge on any atom is -0.504 e. The molecule has 6 aromatic carbocycles. The van der Waals surface area contributed by atoms with Gasteiger partial charge >= 0.3 is 35.8 Å². The van der Waals surface area contributed by atoms with Gasteiger partial charge in [-0.25, -0.2) is 28.8 Å². The number of carbonyl (C=O) groups is 6. The molecule has 0 aromatic heterocycles. The molecule has 36 nitrogen and oxygen atoms in total. The number of hydrogen-bond donors (Lipinski definition) is 23. The molecule has 2 aliphatic heterocycles. The van der Waals surface area contributed by atoms with Crippen LogP contribution in [0.1, 0.15) is 62.1 Å². The van der Waals surface area contributed by atoms with Crippen molar-refractivity contribution in [2.45, 2.75) is 48.8 Å². The van der Waals surface area contributed by atoms with Crippen molar-refractivity contribution in [2.24, 2.45) is 0 Å². The van der Waals surface area contributed by atoms with E-state index in [1.165, 1.54) is 0 Å². The highest BCUT2D eigenvalue weighted by Gasteiger charge is 2.47. The van der Waals surface area contributed by atoms with Crippen molar-refractivity contribution in [1.29, 1.82) is 0 Å². The van der Waals surface area contributed by atoms with Crippen LogP contribution in [-0.4, -0.2) is 229 Å². The highest BCUT2D eigenvalue weighted by Crippen LogP contribution is 2.57. The maximum absolute atomic E-state index is 14.6. The van der Waals surface area contributed by atoms with Crippen molar-refractivity contribution in [1.82, 2.24) is 0 Å². The molecule has 0 saturated heterocycles. The van der Waals surface area contributed by atoms with Gasteiger partial charge in [-0.2, -0.15) is 0 Å². The molecule has 0 bridgehead atoms. The molecule has 0 saturated carbocycles. The van der Waals surface area contributed by atoms with Crippen LogP contribution in [-0.2, 0) is 28.4 Å². The summed E-state index contributed by atoms with van der Waals surface area (Å²) in [5.74, 6) is -39.3. The summed E-state index contributed by atoms with van der Waals surface area (Å²) in [4.78, 5) is 84.9. The number of aliphatic hydroxyl groups is 6. The fourth-order valence-electron chi connectivity index (χ4n) is 9.15. The van der Waals surface area contributed by atoms with Crippen LogP contribution in [0.3, 0.4) is 0 Å². The van der Waals surface area contributed by atoms with Gasteiger partial charge in [0.15, 0.2) is 105 Å². The van der Waals surface area contributed by atoms with E-state index in [0.717, 1.165) is 0 Å². The van der Waals surface area contributed by atoms with Gasteiger partial charge in [0, 0.05) is 34.4 Å². The Morgan fingerprint density at radius 3 is 1.37 bits per heavy atom. The summed E-state index contributed by atoms with van der Waals surface area (Å²) in [6.45, 7) is -5.96. The molecule has 8 atom stereocenters. The summed E-state index contributed by atoms with van der Waals surface area (Å²) >= 11 is 0. The first-order valence-corrected chi connectivity index (χ1v) is 25.0. The molecule has 0 radical (unpaired) electrons. The number of fused-ring (bicyclic) bond motifs is 6. The highest BCUT2D eigenvalue weighted by atomic mass is 16.6. The molecule has 478 valence electrons. The summed E-state index contributed by atoms with van der Waals surface area (Å²) < 4.78 is 37.4. The fraction of sp³-hybridized carbons (Fsp3) is 0.222. The lowest BCUT2D eigenvalue weighted by Crippen LogP contribution is -2.53. The summed E-state index contributed by atoms with van der Waals surface area (Å²) in [6, 6.07) is 2.33. The number of phenolic OH excluding ortho intramolecular Hbond substituents is 17. The predicted molar refractivity (Wildman–Crippen MR) is 281 cm³/mol. The van der Waals surface area contributed by atoms with E-state index in [-0.39, 0.29) is 18.2 Å². The predicted octanol–water partition coefficient (Wildman–Crippen LogP) is -0.921. The number of benzene rings is 6. The Labute approximate surface area is 496 Å². The second-order valence-corrected chi connectivity index (χ2v) is 19.2. The van der Waals surface area contributed by atoms with Gasteiger partial charge in [-0.1, -0.05) is 0 Å². The highest BCUT2D eigenvalue weighted by molar-refractivity contribution is 6.10. The minimum absolute atomic E-state index is 0.180. The number of ether oxygens (including phenoxy) is 7. The van der Waals surface area contributed by atoms with E-state index < -0.39 is 276 Å². The van der Waals surface area contributed by atoms with Crippen LogP contribution in [0.4, 0.5) is 0 Å². The second kappa shape index (κ2) is 24.6. The molecule has 0 aliphatic carbocycles. The molecule has 0 unspecified atom stereocenters. The number of cyclic esters (lactones) is 4. The van der Waals surface area contributed by atoms with Crippen LogP contribution in [0.2, 0.25) is 0 Å². The Balaban J connectivity index is 1.28. The first-order chi connectivity index (χ1) is 42.3. The molecule has 2 heterocycles. The number of aromatic hydroxyl groups is 17. The SMILES string of the molecule is O=C(O[C@@H]([C@@H]1OC(=O)c2cc(O)c(O)c(O)c2-c2c(cc(O)c(O)c2O)C(=O)OC[C@H]1O)[C@H](CO)OC(=O)c1cc(O)c(O)c(O)c1Oc1cc2c(c(O)c1O)-c1c(cc(O)c(O)c1O)C(=O)O[C@@H]([C@H](O)[C@H](O)CO)[C@H](CO)OC2=O)c1cc(O)c(O)c(O)c1. The Morgan fingerprint density at radius 2 is 0.889 bits per heavy atom. The third-order valence-electron chi connectivity index (χ3n) is 13.7. The number of carbonyl (C=O) groups excluding carboxylic acids is 6. The first kappa shape index (κ1) is 64.3. The van der Waals surface area contributed by atoms with Gasteiger partial charge in [0.1, 0.15) is 30.5 Å². The van der Waals surface area contributed by atoms with E-state index in [4.69, 9.17) is 33.2 Å². The first-order valence-electron chi connectivity index (χ1n) is 25.0. The summed E-state index contributed by atoms with van der Waals surface area (Å²) in [7, 11) is 0. The third kappa shape index (κ3) is 11.3. The summed E-state index contributed by atoms with van der Waals surface area (Å²) in [5, 5.41) is 247. The smallest absolute Gasteiger partial charge is 0.342 e. The Kier molecular flexibility index (Phi) is 17.6. The fourth-order valence-corrected chi connectivity index (χ4v) is 9.15. The second-order valence-electron chi connectivity index (χ2n) is 19.2. The molecule has 0 amide bonds. The lowest BCUT2D eigenvalue weighted by atomic mass is 9.91. The number of esters is 6. The molecule has 0 fully saturated rings. The van der Waals surface area contributed by atoms with Crippen LogP contribution in [0.5, 0.6) is 109 Å². The molecule has 36 heteroatoms. The largest absolute Gasteiger partial charge is 0.504 e. The average molecular weight is 1270 g/mol. The van der Waals surface area contributed by atoms with Crippen LogP contribution >= 0.6 is 0 Å². The van der Waals surface area contributed by atoms with Gasteiger partial charge < -0.3 is 151 Å². The van der Waals surface area contributed by atoms with Gasteiger partial charge in [-0.3, -0.25) is 0 Å². The van der Waals surface area contributed by atoms with E-state index in [0.29, 0.717) is 24.3 Å². The van der Waals surface area contributed by atoms with Crippen LogP contribution < -0.4 is 4.74 Å². The van der Waals surface area contributed by atoms with Crippen molar-refractivity contribution in [3.05, 3.63) is 75.8 Å². The standard InChI is InChI=1S/C54H46O36/c55-8-24(64)38(71)47-27(9-56)86-51(80)16-7-26(39(72)43(76)32(16)31-15(53(82)89-47)5-22(62)36(69)42(31)75)85-45-17(6-23(63)37(70)44(45)77)54(83)87-28(10-57)48(90-49(78)12-1-18(58)33(66)19(59)2-12)46-25(65)11-84-50(79)13-3-20(60)34(67)40(73)29(13)30-14(52(81)88-46)4-21(61)35(68)41(30)74/h1-7,24-25,27-28,38,46-48,55-77H,8-11H2/t24-,25-,27+,28+,38-,46-,47-,48-/m1/s1. The summed E-state index contributed by atoms with van der Waals surface area (Å²) in [6.07, 6.45) is -20.5. The van der Waals surface area contributed by atoms with Gasteiger partial charge in [0.25, 0.3) is 0 Å². The van der Waals surface area contributed by atoms with Crippen LogP contribution in [0.25, 0.3) is 22.3 Å². The zero-order chi connectivity index (χ0) is 66.6. The van der Waals surface area contributed by atoms with Gasteiger partial charge in [-0.15, -0.1) is 0 Å². The molecular weight excluding hydrogens is 1220 g/mol. The lowest BCUT2D eigenvalue weighted by Gasteiger charge is -2.34. The third-order valence-corrected chi connectivity index (χ3v) is 13.7. The molecule has 90 heavy (non-hydrogen) atoms. The zero-order valence-electron chi connectivity index (χ0n) is 44.6. The van der Waals surface area contributed by atoms with Crippen LogP contribution in [0, 0.1) is 0 Å². The maximum Gasteiger partial charge on any atom is 0.342 e. The van der Waals surface area contributed by atoms with Crippen molar-refractivity contribution in [2.75, 3.05) is 26.4 Å². The quantitative estimate of drug-likeness (QED) is 0.0378. The van der Waals surface area contributed by atoms with E-state index in [2.05, 4.69) is 0 Å². The van der Waals surface area contributed by atoms with E-state index in [9.17, 15) is 146 Å². The van der Waals surface area contributed by atoms with Crippen LogP contribution in [0.15, 0.2) is 42.5 Å². The van der Waals surface area contributed by atoms with Gasteiger partial charge in [-0.05, 0) is 30.3 Å². The number of hydrogen-bond acceptors (Lipinski definition) is 36. The van der Waals surface area contributed by atoms with Gasteiger partial charge in [0.2, 0.25) is 34.5 Å². The molecule has 2 aliphatic rings. The normalized spacial score (nSPS) is 18.0. The molecule has 0 spiro atoms. The van der Waals surface area contributed by atoms with Crippen molar-refractivity contribution in [3.63, 3.8) is 0 Å². The number of aliphatic hydroxyl groups excluding tert-OH is 6. The zero-order valence-corrected chi connectivity index (χ0v) is 44.6. The Hall–Kier alpha value is -11.7. The molecular formula is C54H46O36. The molecule has 8 rings (SSSR count). The van der Waals surface area contributed by atoms with E-state index >= 15 is 0 Å². The maximum atomic E-state index is 14.6. The Morgan fingerprint density at radius 1 is 0.467 bits per heavy atom. The average Bonchev–Trinajstić information content (AvgIpc) is 0.898. The minimum atomic E-state index is -2.87. The number of rotatable bonds is 13. The van der Waals surface area contributed by atoms with Crippen molar-refractivity contribution >= 4 is 35.8 Å².